The van der Waals surface area contributed by atoms with E-state index < -0.39 is 12.1 Å². The molecule has 1 amide bonds. The van der Waals surface area contributed by atoms with Crippen molar-refractivity contribution < 1.29 is 19.4 Å². The van der Waals surface area contributed by atoms with Gasteiger partial charge in [0.15, 0.2) is 6.10 Å². The topological polar surface area (TPSA) is 66.8 Å². The molecule has 1 heterocycles. The summed E-state index contributed by atoms with van der Waals surface area (Å²) in [7, 11) is 0. The second kappa shape index (κ2) is 5.90. The number of carboxylic acid groups (broad SMARTS) is 1. The number of carbonyl (C=O) groups excluding carboxylic acids is 1. The van der Waals surface area contributed by atoms with Crippen LogP contribution in [0.4, 0.5) is 0 Å². The molecule has 1 aliphatic carbocycles. The van der Waals surface area contributed by atoms with Crippen molar-refractivity contribution in [3.8, 4) is 0 Å². The molecule has 0 aromatic rings. The van der Waals surface area contributed by atoms with Gasteiger partial charge in [0.2, 0.25) is 5.91 Å². The molecule has 2 aliphatic rings. The standard InChI is InChI=1S/C14H23NO4/c1-14(6-4-2-3-5-7-14)13(18)15-8-9-19-11(10-15)12(16)17/h11H,2-10H2,1H3,(H,16,17). The van der Waals surface area contributed by atoms with Crippen molar-refractivity contribution in [2.24, 2.45) is 5.41 Å². The molecular formula is C14H23NO4. The zero-order valence-electron chi connectivity index (χ0n) is 11.6. The summed E-state index contributed by atoms with van der Waals surface area (Å²) in [4.78, 5) is 25.3. The summed E-state index contributed by atoms with van der Waals surface area (Å²) in [6.07, 6.45) is 5.55. The zero-order chi connectivity index (χ0) is 13.9. The van der Waals surface area contributed by atoms with Gasteiger partial charge in [-0.25, -0.2) is 4.79 Å². The number of carboxylic acids is 1. The van der Waals surface area contributed by atoms with Crippen LogP contribution in [0.1, 0.15) is 45.4 Å². The fourth-order valence-electron chi connectivity index (χ4n) is 3.09. The first-order valence-corrected chi connectivity index (χ1v) is 7.17. The predicted molar refractivity (Wildman–Crippen MR) is 69.8 cm³/mol. The maximum atomic E-state index is 12.7. The number of carbonyl (C=O) groups is 2. The molecule has 108 valence electrons. The first kappa shape index (κ1) is 14.3. The Hall–Kier alpha value is -1.10. The predicted octanol–water partition coefficient (Wildman–Crippen LogP) is 1.66. The lowest BCUT2D eigenvalue weighted by molar-refractivity contribution is -0.162. The highest BCUT2D eigenvalue weighted by Crippen LogP contribution is 2.36. The van der Waals surface area contributed by atoms with E-state index in [4.69, 9.17) is 9.84 Å². The lowest BCUT2D eigenvalue weighted by atomic mass is 9.81. The number of hydrogen-bond donors (Lipinski definition) is 1. The second-order valence-corrected chi connectivity index (χ2v) is 5.92. The van der Waals surface area contributed by atoms with Crippen LogP contribution in [-0.4, -0.2) is 47.7 Å². The fraction of sp³-hybridized carbons (Fsp3) is 0.857. The van der Waals surface area contributed by atoms with Crippen LogP contribution >= 0.6 is 0 Å². The van der Waals surface area contributed by atoms with E-state index in [-0.39, 0.29) is 17.9 Å². The van der Waals surface area contributed by atoms with Crippen molar-refractivity contribution in [2.75, 3.05) is 19.7 Å². The first-order valence-electron chi connectivity index (χ1n) is 7.17. The van der Waals surface area contributed by atoms with E-state index in [1.54, 1.807) is 4.90 Å². The maximum absolute atomic E-state index is 12.7. The van der Waals surface area contributed by atoms with Crippen molar-refractivity contribution >= 4 is 11.9 Å². The van der Waals surface area contributed by atoms with E-state index in [0.29, 0.717) is 13.2 Å². The van der Waals surface area contributed by atoms with Crippen LogP contribution in [0.2, 0.25) is 0 Å². The van der Waals surface area contributed by atoms with Gasteiger partial charge >= 0.3 is 5.97 Å². The molecule has 0 aromatic carbocycles. The van der Waals surface area contributed by atoms with Gasteiger partial charge < -0.3 is 14.7 Å². The highest BCUT2D eigenvalue weighted by molar-refractivity contribution is 5.83. The normalized spacial score (nSPS) is 27.6. The highest BCUT2D eigenvalue weighted by atomic mass is 16.5. The third-order valence-corrected chi connectivity index (χ3v) is 4.35. The Balaban J connectivity index is 2.03. The number of aliphatic carboxylic acids is 1. The number of nitrogens with zero attached hydrogens (tertiary/aromatic N) is 1. The molecule has 0 aromatic heterocycles. The monoisotopic (exact) mass is 269 g/mol. The van der Waals surface area contributed by atoms with Crippen molar-refractivity contribution in [1.82, 2.24) is 4.90 Å². The number of rotatable bonds is 2. The Kier molecular flexibility index (Phi) is 4.45. The highest BCUT2D eigenvalue weighted by Gasteiger charge is 2.39. The molecule has 1 saturated heterocycles. The number of hydrogen-bond acceptors (Lipinski definition) is 3. The molecule has 19 heavy (non-hydrogen) atoms. The molecule has 1 N–H and O–H groups in total. The van der Waals surface area contributed by atoms with Crippen LogP contribution in [0, 0.1) is 5.41 Å². The van der Waals surface area contributed by atoms with Crippen LogP contribution in [0.3, 0.4) is 0 Å². The maximum Gasteiger partial charge on any atom is 0.334 e. The van der Waals surface area contributed by atoms with Gasteiger partial charge in [-0.3, -0.25) is 4.79 Å². The van der Waals surface area contributed by atoms with E-state index in [1.165, 1.54) is 12.8 Å². The zero-order valence-corrected chi connectivity index (χ0v) is 11.6. The van der Waals surface area contributed by atoms with Crippen LogP contribution in [0.25, 0.3) is 0 Å². The van der Waals surface area contributed by atoms with E-state index in [1.807, 2.05) is 6.92 Å². The van der Waals surface area contributed by atoms with Gasteiger partial charge in [0.05, 0.1) is 13.2 Å². The van der Waals surface area contributed by atoms with Crippen LogP contribution in [0.5, 0.6) is 0 Å². The molecular weight excluding hydrogens is 246 g/mol. The van der Waals surface area contributed by atoms with Gasteiger partial charge in [0.25, 0.3) is 0 Å². The van der Waals surface area contributed by atoms with Crippen molar-refractivity contribution in [2.45, 2.75) is 51.6 Å². The van der Waals surface area contributed by atoms with E-state index in [0.717, 1.165) is 25.7 Å². The minimum atomic E-state index is -0.983. The summed E-state index contributed by atoms with van der Waals surface area (Å²) in [6.45, 7) is 3.05. The lowest BCUT2D eigenvalue weighted by Gasteiger charge is -2.37. The Bertz CT molecular complexity index is 347. The van der Waals surface area contributed by atoms with E-state index in [9.17, 15) is 9.59 Å². The fourth-order valence-corrected chi connectivity index (χ4v) is 3.09. The summed E-state index contributed by atoms with van der Waals surface area (Å²) < 4.78 is 5.17. The smallest absolute Gasteiger partial charge is 0.334 e. The third-order valence-electron chi connectivity index (χ3n) is 4.35. The van der Waals surface area contributed by atoms with Gasteiger partial charge in [-0.15, -0.1) is 0 Å². The molecule has 0 spiro atoms. The minimum Gasteiger partial charge on any atom is -0.479 e. The second-order valence-electron chi connectivity index (χ2n) is 5.92. The molecule has 0 bridgehead atoms. The number of amides is 1. The molecule has 1 aliphatic heterocycles. The molecule has 1 saturated carbocycles. The van der Waals surface area contributed by atoms with Crippen molar-refractivity contribution in [3.63, 3.8) is 0 Å². The van der Waals surface area contributed by atoms with Gasteiger partial charge in [-0.2, -0.15) is 0 Å². The van der Waals surface area contributed by atoms with Gasteiger partial charge in [-0.1, -0.05) is 32.6 Å². The molecule has 5 nitrogen and oxygen atoms in total. The first-order chi connectivity index (χ1) is 9.03. The molecule has 1 atom stereocenters. The van der Waals surface area contributed by atoms with Crippen molar-refractivity contribution in [3.05, 3.63) is 0 Å². The molecule has 2 fully saturated rings. The molecule has 0 radical (unpaired) electrons. The van der Waals surface area contributed by atoms with Crippen LogP contribution in [0.15, 0.2) is 0 Å². The molecule has 2 rings (SSSR count). The van der Waals surface area contributed by atoms with Crippen LogP contribution < -0.4 is 0 Å². The summed E-state index contributed by atoms with van der Waals surface area (Å²) in [5.74, 6) is -0.868. The Morgan fingerprint density at radius 1 is 1.21 bits per heavy atom. The summed E-state index contributed by atoms with van der Waals surface area (Å²) in [6, 6.07) is 0. The number of ether oxygens (including phenoxy) is 1. The van der Waals surface area contributed by atoms with Gasteiger partial charge in [0.1, 0.15) is 0 Å². The Morgan fingerprint density at radius 3 is 2.42 bits per heavy atom. The van der Waals surface area contributed by atoms with Gasteiger partial charge in [0, 0.05) is 12.0 Å². The van der Waals surface area contributed by atoms with Crippen LogP contribution in [-0.2, 0) is 14.3 Å². The quantitative estimate of drug-likeness (QED) is 0.774. The molecule has 1 unspecified atom stereocenters. The Morgan fingerprint density at radius 2 is 1.84 bits per heavy atom. The lowest BCUT2D eigenvalue weighted by Crippen LogP contribution is -2.52. The summed E-state index contributed by atoms with van der Waals surface area (Å²) >= 11 is 0. The number of morpholine rings is 1. The van der Waals surface area contributed by atoms with Crippen molar-refractivity contribution in [1.29, 1.82) is 0 Å². The summed E-state index contributed by atoms with van der Waals surface area (Å²) in [5, 5.41) is 8.99. The average Bonchev–Trinajstić information content (AvgIpc) is 2.64. The van der Waals surface area contributed by atoms with E-state index >= 15 is 0 Å². The largest absolute Gasteiger partial charge is 0.479 e. The van der Waals surface area contributed by atoms with E-state index in [2.05, 4.69) is 0 Å². The summed E-state index contributed by atoms with van der Waals surface area (Å²) in [5.41, 5.74) is -0.309. The molecule has 5 heteroatoms. The average molecular weight is 269 g/mol. The third kappa shape index (κ3) is 3.26. The minimum absolute atomic E-state index is 0.115. The Labute approximate surface area is 113 Å². The SMILES string of the molecule is CC1(C(=O)N2CCOC(C(=O)O)C2)CCCCCC1. The van der Waals surface area contributed by atoms with Gasteiger partial charge in [-0.05, 0) is 12.8 Å².